The van der Waals surface area contributed by atoms with Gasteiger partial charge in [-0.05, 0) is 54.5 Å². The smallest absolute Gasteiger partial charge is 0.103 e. The summed E-state index contributed by atoms with van der Waals surface area (Å²) in [7, 11) is 0. The molecular weight excluding hydrogens is 337 g/mol. The highest BCUT2D eigenvalue weighted by Gasteiger charge is 2.28. The van der Waals surface area contributed by atoms with Gasteiger partial charge in [0.25, 0.3) is 0 Å². The Kier molecular flexibility index (Phi) is 2.86. The molecule has 0 spiro atoms. The van der Waals surface area contributed by atoms with Gasteiger partial charge in [0.05, 0.1) is 23.4 Å². The van der Waals surface area contributed by atoms with Crippen LogP contribution in [0.5, 0.6) is 0 Å². The van der Waals surface area contributed by atoms with Crippen molar-refractivity contribution in [2.24, 2.45) is 0 Å². The van der Waals surface area contributed by atoms with E-state index in [1.54, 1.807) is 0 Å². The Labute approximate surface area is 120 Å². The zero-order valence-corrected chi connectivity index (χ0v) is 12.2. The SMILES string of the molecule is Cc1c(-c2ccc(C#N)cc2)nn(C2CC2)c1I. The van der Waals surface area contributed by atoms with Crippen molar-refractivity contribution in [3.8, 4) is 17.3 Å². The maximum Gasteiger partial charge on any atom is 0.103 e. The van der Waals surface area contributed by atoms with Gasteiger partial charge in [0, 0.05) is 11.1 Å². The van der Waals surface area contributed by atoms with Gasteiger partial charge in [-0.3, -0.25) is 4.68 Å². The lowest BCUT2D eigenvalue weighted by Gasteiger charge is -1.98. The minimum atomic E-state index is 0.600. The van der Waals surface area contributed by atoms with Crippen LogP contribution in [0.15, 0.2) is 24.3 Å². The van der Waals surface area contributed by atoms with Crippen molar-refractivity contribution in [2.45, 2.75) is 25.8 Å². The first kappa shape index (κ1) is 11.7. The largest absolute Gasteiger partial charge is 0.255 e. The fourth-order valence-corrected chi connectivity index (χ4v) is 2.79. The van der Waals surface area contributed by atoms with Crippen LogP contribution < -0.4 is 0 Å². The predicted molar refractivity (Wildman–Crippen MR) is 78.1 cm³/mol. The summed E-state index contributed by atoms with van der Waals surface area (Å²) in [5.41, 5.74) is 4.04. The summed E-state index contributed by atoms with van der Waals surface area (Å²) in [4.78, 5) is 0. The van der Waals surface area contributed by atoms with Crippen LogP contribution in [0.1, 0.15) is 30.0 Å². The summed E-state index contributed by atoms with van der Waals surface area (Å²) in [5.74, 6) is 0. The van der Waals surface area contributed by atoms with Gasteiger partial charge in [-0.1, -0.05) is 12.1 Å². The van der Waals surface area contributed by atoms with Crippen molar-refractivity contribution in [2.75, 3.05) is 0 Å². The molecule has 1 aliphatic rings. The fourth-order valence-electron chi connectivity index (χ4n) is 2.03. The maximum absolute atomic E-state index is 8.81. The lowest BCUT2D eigenvalue weighted by molar-refractivity contribution is 0.627. The van der Waals surface area contributed by atoms with Crippen LogP contribution in [0.25, 0.3) is 11.3 Å². The van der Waals surface area contributed by atoms with Crippen LogP contribution in [0.2, 0.25) is 0 Å². The molecule has 3 rings (SSSR count). The molecule has 18 heavy (non-hydrogen) atoms. The molecule has 1 fully saturated rings. The summed E-state index contributed by atoms with van der Waals surface area (Å²) in [5, 5.41) is 13.5. The predicted octanol–water partition coefficient (Wildman–Crippen LogP) is 3.67. The molecule has 1 saturated carbocycles. The van der Waals surface area contributed by atoms with Gasteiger partial charge in [0.2, 0.25) is 0 Å². The Morgan fingerprint density at radius 2 is 2.00 bits per heavy atom. The second kappa shape index (κ2) is 4.39. The van der Waals surface area contributed by atoms with Gasteiger partial charge in [0.1, 0.15) is 3.70 Å². The monoisotopic (exact) mass is 349 g/mol. The number of hydrogen-bond donors (Lipinski definition) is 0. The standard InChI is InChI=1S/C14H12IN3/c1-9-13(11-4-2-10(8-16)3-5-11)17-18(14(9)15)12-6-7-12/h2-5,12H,6-7H2,1H3. The van der Waals surface area contributed by atoms with Crippen molar-refractivity contribution >= 4 is 22.6 Å². The first-order valence-electron chi connectivity index (χ1n) is 5.96. The molecule has 1 aromatic carbocycles. The molecule has 2 aromatic rings. The molecule has 1 heterocycles. The molecule has 0 radical (unpaired) electrons. The number of benzene rings is 1. The van der Waals surface area contributed by atoms with E-state index >= 15 is 0 Å². The quantitative estimate of drug-likeness (QED) is 0.777. The Morgan fingerprint density at radius 3 is 2.56 bits per heavy atom. The van der Waals surface area contributed by atoms with Crippen molar-refractivity contribution in [1.29, 1.82) is 5.26 Å². The van der Waals surface area contributed by atoms with Crippen LogP contribution in [0.4, 0.5) is 0 Å². The molecule has 3 nitrogen and oxygen atoms in total. The van der Waals surface area contributed by atoms with Gasteiger partial charge < -0.3 is 0 Å². The molecule has 1 aromatic heterocycles. The number of rotatable bonds is 2. The van der Waals surface area contributed by atoms with Crippen LogP contribution in [0.3, 0.4) is 0 Å². The van der Waals surface area contributed by atoms with Gasteiger partial charge in [-0.25, -0.2) is 0 Å². The highest BCUT2D eigenvalue weighted by Crippen LogP contribution is 2.38. The summed E-state index contributed by atoms with van der Waals surface area (Å²) < 4.78 is 3.37. The van der Waals surface area contributed by atoms with E-state index in [1.165, 1.54) is 22.1 Å². The van der Waals surface area contributed by atoms with Crippen LogP contribution in [0, 0.1) is 22.0 Å². The van der Waals surface area contributed by atoms with E-state index in [1.807, 2.05) is 24.3 Å². The fraction of sp³-hybridized carbons (Fsp3) is 0.286. The third kappa shape index (κ3) is 1.93. The summed E-state index contributed by atoms with van der Waals surface area (Å²) in [6.07, 6.45) is 2.48. The van der Waals surface area contributed by atoms with Crippen molar-refractivity contribution in [3.05, 3.63) is 39.1 Å². The zero-order valence-electron chi connectivity index (χ0n) is 10.0. The summed E-state index contributed by atoms with van der Waals surface area (Å²) >= 11 is 2.37. The Morgan fingerprint density at radius 1 is 1.33 bits per heavy atom. The van der Waals surface area contributed by atoms with Gasteiger partial charge in [-0.2, -0.15) is 10.4 Å². The third-order valence-corrected chi connectivity index (χ3v) is 4.56. The highest BCUT2D eigenvalue weighted by atomic mass is 127. The van der Waals surface area contributed by atoms with Crippen molar-refractivity contribution in [1.82, 2.24) is 9.78 Å². The number of nitriles is 1. The maximum atomic E-state index is 8.81. The first-order chi connectivity index (χ1) is 8.70. The second-order valence-electron chi connectivity index (χ2n) is 4.63. The molecule has 0 N–H and O–H groups in total. The van der Waals surface area contributed by atoms with E-state index in [4.69, 9.17) is 10.4 Å². The van der Waals surface area contributed by atoms with Crippen LogP contribution in [-0.4, -0.2) is 9.78 Å². The molecule has 1 aliphatic carbocycles. The second-order valence-corrected chi connectivity index (χ2v) is 5.65. The summed E-state index contributed by atoms with van der Waals surface area (Å²) in [6.45, 7) is 2.11. The Balaban J connectivity index is 2.05. The summed E-state index contributed by atoms with van der Waals surface area (Å²) in [6, 6.07) is 10.4. The van der Waals surface area contributed by atoms with E-state index in [0.29, 0.717) is 11.6 Å². The van der Waals surface area contributed by atoms with Crippen LogP contribution >= 0.6 is 22.6 Å². The third-order valence-electron chi connectivity index (χ3n) is 3.25. The van der Waals surface area contributed by atoms with Gasteiger partial charge >= 0.3 is 0 Å². The average molecular weight is 349 g/mol. The Hall–Kier alpha value is -1.35. The van der Waals surface area contributed by atoms with E-state index in [-0.39, 0.29) is 0 Å². The van der Waals surface area contributed by atoms with E-state index in [0.717, 1.165) is 11.3 Å². The van der Waals surface area contributed by atoms with Gasteiger partial charge in [-0.15, -0.1) is 0 Å². The molecule has 0 unspecified atom stereocenters. The minimum Gasteiger partial charge on any atom is -0.255 e. The lowest BCUT2D eigenvalue weighted by atomic mass is 10.1. The normalized spacial score (nSPS) is 14.5. The van der Waals surface area contributed by atoms with E-state index in [2.05, 4.69) is 40.3 Å². The Bertz CT molecular complexity index is 630. The number of hydrogen-bond acceptors (Lipinski definition) is 2. The number of aromatic nitrogens is 2. The average Bonchev–Trinajstić information content (AvgIpc) is 3.19. The lowest BCUT2D eigenvalue weighted by Crippen LogP contribution is -1.98. The number of halogens is 1. The zero-order chi connectivity index (χ0) is 12.7. The topological polar surface area (TPSA) is 41.6 Å². The van der Waals surface area contributed by atoms with E-state index < -0.39 is 0 Å². The molecule has 4 heteroatoms. The van der Waals surface area contributed by atoms with Crippen molar-refractivity contribution < 1.29 is 0 Å². The highest BCUT2D eigenvalue weighted by molar-refractivity contribution is 14.1. The van der Waals surface area contributed by atoms with Crippen LogP contribution in [-0.2, 0) is 0 Å². The molecular formula is C14H12IN3. The first-order valence-corrected chi connectivity index (χ1v) is 7.03. The number of nitrogens with zero attached hydrogens (tertiary/aromatic N) is 3. The minimum absolute atomic E-state index is 0.600. The molecule has 0 saturated heterocycles. The molecule has 0 amide bonds. The molecule has 0 aliphatic heterocycles. The molecule has 0 bridgehead atoms. The molecule has 0 atom stereocenters. The van der Waals surface area contributed by atoms with Crippen molar-refractivity contribution in [3.63, 3.8) is 0 Å². The van der Waals surface area contributed by atoms with E-state index in [9.17, 15) is 0 Å². The molecule has 90 valence electrons. The van der Waals surface area contributed by atoms with Gasteiger partial charge in [0.15, 0.2) is 0 Å².